The molecule has 0 spiro atoms. The first-order chi connectivity index (χ1) is 33.9. The average Bonchev–Trinajstić information content (AvgIpc) is 4.03. The molecular weight excluding hydrogens is 837 g/mol. The highest BCUT2D eigenvalue weighted by atomic mass is 16.3. The van der Waals surface area contributed by atoms with Gasteiger partial charge in [0.2, 0.25) is 0 Å². The van der Waals surface area contributed by atoms with Gasteiger partial charge in [-0.25, -0.2) is 0 Å². The Morgan fingerprint density at radius 2 is 0.971 bits per heavy atom. The minimum absolute atomic E-state index is 0.125. The van der Waals surface area contributed by atoms with Crippen LogP contribution in [0.3, 0.4) is 0 Å². The first-order valence-electron chi connectivity index (χ1n) is 24.3. The zero-order chi connectivity index (χ0) is 46.2. The SMILES string of the molecule is CCCc1cccc2c1C(C)(C)c1cc(N(c3ccc(-c4ccccc4)cc3)c3ccc(-c4cccc5c4oc4c(-c6ccc7c(c6)c6ccccc6n7-c6ccccc6)cccc45)cc3)ccc1-2. The highest BCUT2D eigenvalue weighted by Crippen LogP contribution is 2.52. The number of rotatable bonds is 9. The van der Waals surface area contributed by atoms with Crippen molar-refractivity contribution in [3.05, 3.63) is 241 Å². The summed E-state index contributed by atoms with van der Waals surface area (Å²) >= 11 is 0. The van der Waals surface area contributed by atoms with E-state index in [1.807, 2.05) is 0 Å². The maximum atomic E-state index is 7.06. The maximum Gasteiger partial charge on any atom is 0.143 e. The predicted octanol–water partition coefficient (Wildman–Crippen LogP) is 18.4. The van der Waals surface area contributed by atoms with Crippen molar-refractivity contribution in [3.63, 3.8) is 0 Å². The number of aryl methyl sites for hydroxylation is 1. The molecule has 0 amide bonds. The smallest absolute Gasteiger partial charge is 0.143 e. The molecule has 0 bridgehead atoms. The van der Waals surface area contributed by atoms with Crippen molar-refractivity contribution in [2.75, 3.05) is 4.90 Å². The standard InChI is InChI=1S/C66H50N2O/c1-4-16-46-19-13-25-56-54-39-38-51(42-60(54)66(2,3)63(46)56)67(49-34-29-44(30-35-49)43-17-7-5-8-18-43)50-36-31-45(32-37-50)52-23-14-26-57-58-27-15-24-53(65(58)69-64(52)57)47-33-40-62-59(41-47)55-22-11-12-28-61(55)68(62)48-20-9-6-10-21-48/h5-15,17-42H,4,16H2,1-3H3. The van der Waals surface area contributed by atoms with Crippen molar-refractivity contribution in [3.8, 4) is 50.2 Å². The van der Waals surface area contributed by atoms with Gasteiger partial charge in [0.25, 0.3) is 0 Å². The summed E-state index contributed by atoms with van der Waals surface area (Å²) in [6, 6.07) is 81.9. The molecule has 69 heavy (non-hydrogen) atoms. The van der Waals surface area contributed by atoms with Crippen LogP contribution in [-0.2, 0) is 11.8 Å². The summed E-state index contributed by atoms with van der Waals surface area (Å²) in [5.74, 6) is 0. The molecule has 0 saturated heterocycles. The number of para-hydroxylation sites is 4. The Morgan fingerprint density at radius 1 is 0.420 bits per heavy atom. The van der Waals surface area contributed by atoms with E-state index in [1.165, 1.54) is 60.8 Å². The molecule has 0 fully saturated rings. The van der Waals surface area contributed by atoms with Gasteiger partial charge in [0, 0.05) is 60.8 Å². The Kier molecular flexibility index (Phi) is 9.55. The molecular formula is C66H50N2O. The molecule has 3 nitrogen and oxygen atoms in total. The summed E-state index contributed by atoms with van der Waals surface area (Å²) < 4.78 is 9.42. The highest BCUT2D eigenvalue weighted by Gasteiger charge is 2.37. The van der Waals surface area contributed by atoms with E-state index in [0.29, 0.717) is 0 Å². The fraction of sp³-hybridized carbons (Fsp3) is 0.0909. The van der Waals surface area contributed by atoms with Crippen LogP contribution in [0, 0.1) is 0 Å². The van der Waals surface area contributed by atoms with Crippen LogP contribution >= 0.6 is 0 Å². The molecule has 13 rings (SSSR count). The van der Waals surface area contributed by atoms with Gasteiger partial charge in [-0.3, -0.25) is 0 Å². The molecule has 1 aliphatic carbocycles. The zero-order valence-corrected chi connectivity index (χ0v) is 39.1. The molecule has 0 N–H and O–H groups in total. The second-order valence-corrected chi connectivity index (χ2v) is 19.1. The molecule has 0 saturated carbocycles. The van der Waals surface area contributed by atoms with Crippen molar-refractivity contribution in [2.45, 2.75) is 39.0 Å². The molecule has 0 aliphatic heterocycles. The summed E-state index contributed by atoms with van der Waals surface area (Å²) in [6.07, 6.45) is 2.21. The molecule has 12 aromatic rings. The molecule has 2 heterocycles. The van der Waals surface area contributed by atoms with E-state index in [-0.39, 0.29) is 5.41 Å². The minimum Gasteiger partial charge on any atom is -0.455 e. The van der Waals surface area contributed by atoms with Crippen LogP contribution in [0.5, 0.6) is 0 Å². The Hall–Kier alpha value is -8.40. The topological polar surface area (TPSA) is 21.3 Å². The first-order valence-corrected chi connectivity index (χ1v) is 24.3. The average molecular weight is 887 g/mol. The van der Waals surface area contributed by atoms with Crippen LogP contribution in [-0.4, -0.2) is 4.57 Å². The fourth-order valence-electron chi connectivity index (χ4n) is 11.5. The predicted molar refractivity (Wildman–Crippen MR) is 291 cm³/mol. The van der Waals surface area contributed by atoms with Crippen LogP contribution in [0.15, 0.2) is 229 Å². The van der Waals surface area contributed by atoms with Gasteiger partial charge in [-0.2, -0.15) is 0 Å². The second-order valence-electron chi connectivity index (χ2n) is 19.1. The van der Waals surface area contributed by atoms with Gasteiger partial charge in [-0.15, -0.1) is 0 Å². The third-order valence-electron chi connectivity index (χ3n) is 14.7. The Balaban J connectivity index is 0.902. The van der Waals surface area contributed by atoms with Crippen LogP contribution in [0.25, 0.3) is 93.9 Å². The number of nitrogens with zero attached hydrogens (tertiary/aromatic N) is 2. The van der Waals surface area contributed by atoms with Crippen LogP contribution in [0.4, 0.5) is 17.1 Å². The van der Waals surface area contributed by atoms with Crippen LogP contribution in [0.1, 0.15) is 43.9 Å². The summed E-state index contributed by atoms with van der Waals surface area (Å²) in [7, 11) is 0. The molecule has 3 heteroatoms. The Morgan fingerprint density at radius 3 is 1.68 bits per heavy atom. The molecule has 0 unspecified atom stereocenters. The lowest BCUT2D eigenvalue weighted by atomic mass is 9.79. The van der Waals surface area contributed by atoms with Crippen LogP contribution in [0.2, 0.25) is 0 Å². The van der Waals surface area contributed by atoms with Gasteiger partial charge in [-0.1, -0.05) is 185 Å². The summed E-state index contributed by atoms with van der Waals surface area (Å²) in [5.41, 5.74) is 22.3. The van der Waals surface area contributed by atoms with E-state index in [1.54, 1.807) is 0 Å². The molecule has 0 atom stereocenters. The highest BCUT2D eigenvalue weighted by molar-refractivity contribution is 6.15. The van der Waals surface area contributed by atoms with Gasteiger partial charge in [0.1, 0.15) is 11.2 Å². The minimum atomic E-state index is -0.125. The fourth-order valence-corrected chi connectivity index (χ4v) is 11.5. The molecule has 10 aromatic carbocycles. The Labute approximate surface area is 403 Å². The monoisotopic (exact) mass is 886 g/mol. The zero-order valence-electron chi connectivity index (χ0n) is 39.1. The van der Waals surface area contributed by atoms with E-state index in [9.17, 15) is 0 Å². The Bertz CT molecular complexity index is 3910. The molecule has 330 valence electrons. The molecule has 2 aromatic heterocycles. The van der Waals surface area contributed by atoms with Gasteiger partial charge in [0.15, 0.2) is 0 Å². The summed E-state index contributed by atoms with van der Waals surface area (Å²) in [6.45, 7) is 7.08. The number of fused-ring (bicyclic) bond motifs is 9. The first kappa shape index (κ1) is 40.8. The van der Waals surface area contributed by atoms with E-state index >= 15 is 0 Å². The van der Waals surface area contributed by atoms with Crippen molar-refractivity contribution in [2.24, 2.45) is 0 Å². The van der Waals surface area contributed by atoms with E-state index in [4.69, 9.17) is 4.42 Å². The maximum absolute atomic E-state index is 7.06. The number of furan rings is 1. The van der Waals surface area contributed by atoms with Crippen molar-refractivity contribution in [1.82, 2.24) is 4.57 Å². The second kappa shape index (κ2) is 16.1. The number of aromatic nitrogens is 1. The van der Waals surface area contributed by atoms with Gasteiger partial charge in [-0.05, 0) is 123 Å². The third kappa shape index (κ3) is 6.56. The number of benzene rings is 10. The van der Waals surface area contributed by atoms with Crippen molar-refractivity contribution >= 4 is 60.8 Å². The van der Waals surface area contributed by atoms with E-state index in [2.05, 4.69) is 255 Å². The lowest BCUT2D eigenvalue weighted by Gasteiger charge is -2.29. The number of hydrogen-bond acceptors (Lipinski definition) is 2. The lowest BCUT2D eigenvalue weighted by molar-refractivity contribution is 0.649. The quantitative estimate of drug-likeness (QED) is 0.144. The van der Waals surface area contributed by atoms with Gasteiger partial charge < -0.3 is 13.9 Å². The van der Waals surface area contributed by atoms with E-state index < -0.39 is 0 Å². The van der Waals surface area contributed by atoms with E-state index in [0.717, 1.165) is 79.8 Å². The summed E-state index contributed by atoms with van der Waals surface area (Å²) in [4.78, 5) is 2.41. The number of anilines is 3. The van der Waals surface area contributed by atoms with Gasteiger partial charge in [0.05, 0.1) is 11.0 Å². The van der Waals surface area contributed by atoms with Crippen molar-refractivity contribution < 1.29 is 4.42 Å². The summed E-state index contributed by atoms with van der Waals surface area (Å²) in [5, 5.41) is 4.67. The molecule has 1 aliphatic rings. The largest absolute Gasteiger partial charge is 0.455 e. The normalized spacial score (nSPS) is 12.8. The van der Waals surface area contributed by atoms with Gasteiger partial charge >= 0.3 is 0 Å². The number of hydrogen-bond donors (Lipinski definition) is 0. The lowest BCUT2D eigenvalue weighted by Crippen LogP contribution is -2.18. The third-order valence-corrected chi connectivity index (χ3v) is 14.7. The van der Waals surface area contributed by atoms with Crippen LogP contribution < -0.4 is 4.90 Å². The molecule has 0 radical (unpaired) electrons. The van der Waals surface area contributed by atoms with Crippen molar-refractivity contribution in [1.29, 1.82) is 0 Å².